The summed E-state index contributed by atoms with van der Waals surface area (Å²) in [6.45, 7) is 7.51. The van der Waals surface area contributed by atoms with E-state index in [2.05, 4.69) is 24.4 Å². The van der Waals surface area contributed by atoms with Gasteiger partial charge in [-0.2, -0.15) is 0 Å². The number of ether oxygens (including phenoxy) is 1. The van der Waals surface area contributed by atoms with Gasteiger partial charge in [0, 0.05) is 12.1 Å². The fraction of sp³-hybridized carbons (Fsp3) is 0.423. The van der Waals surface area contributed by atoms with E-state index in [9.17, 15) is 4.79 Å². The largest absolute Gasteiger partial charge is 0.494 e. The number of rotatable bonds is 11. The lowest BCUT2D eigenvalue weighted by Gasteiger charge is -2.09. The van der Waals surface area contributed by atoms with Crippen LogP contribution in [-0.4, -0.2) is 41.2 Å². The minimum atomic E-state index is -0.514. The molecule has 0 saturated carbocycles. The molecule has 0 spiro atoms. The van der Waals surface area contributed by atoms with Crippen LogP contribution in [0, 0.1) is 0 Å². The van der Waals surface area contributed by atoms with Gasteiger partial charge in [-0.3, -0.25) is 9.79 Å². The molecule has 1 amide bonds. The zero-order chi connectivity index (χ0) is 22.8. The van der Waals surface area contributed by atoms with E-state index in [1.165, 1.54) is 17.3 Å². The maximum Gasteiger partial charge on any atom is 0.230 e. The summed E-state index contributed by atoms with van der Waals surface area (Å²) in [6.07, 6.45) is 4.05. The summed E-state index contributed by atoms with van der Waals surface area (Å²) in [6, 6.07) is 18.3. The first-order chi connectivity index (χ1) is 15.5. The van der Waals surface area contributed by atoms with Crippen LogP contribution in [0.2, 0.25) is 0 Å². The number of thioether (sulfide) groups is 1. The molecule has 0 aromatic heterocycles. The minimum Gasteiger partial charge on any atom is -0.494 e. The number of benzene rings is 2. The smallest absolute Gasteiger partial charge is 0.230 e. The van der Waals surface area contributed by atoms with Crippen LogP contribution in [0.4, 0.5) is 0 Å². The van der Waals surface area contributed by atoms with E-state index in [4.69, 9.17) is 14.7 Å². The van der Waals surface area contributed by atoms with Crippen molar-refractivity contribution in [3.05, 3.63) is 65.7 Å². The van der Waals surface area contributed by atoms with Crippen LogP contribution < -0.4 is 10.1 Å². The van der Waals surface area contributed by atoms with Gasteiger partial charge in [0.15, 0.2) is 0 Å². The van der Waals surface area contributed by atoms with Crippen molar-refractivity contribution < 1.29 is 9.53 Å². The average Bonchev–Trinajstić information content (AvgIpc) is 3.11. The van der Waals surface area contributed by atoms with Crippen LogP contribution in [0.15, 0.2) is 64.6 Å². The highest BCUT2D eigenvalue weighted by Gasteiger charge is 2.28. The Labute approximate surface area is 195 Å². The topological polar surface area (TPSA) is 63.1 Å². The fourth-order valence-corrected chi connectivity index (χ4v) is 4.29. The van der Waals surface area contributed by atoms with Crippen molar-refractivity contribution >= 4 is 28.4 Å². The number of nitrogens with one attached hydrogen (secondary N) is 1. The monoisotopic (exact) mass is 451 g/mol. The number of nitrogens with zero attached hydrogens (tertiary/aromatic N) is 2. The molecule has 0 aliphatic carbocycles. The fourth-order valence-electron chi connectivity index (χ4n) is 3.33. The highest BCUT2D eigenvalue weighted by Crippen LogP contribution is 2.27. The van der Waals surface area contributed by atoms with Gasteiger partial charge in [0.1, 0.15) is 16.5 Å². The summed E-state index contributed by atoms with van der Waals surface area (Å²) < 4.78 is 5.76. The molecule has 5 nitrogen and oxygen atoms in total. The van der Waals surface area contributed by atoms with Gasteiger partial charge in [0.05, 0.1) is 18.1 Å². The first-order valence-corrected chi connectivity index (χ1v) is 12.3. The Morgan fingerprint density at radius 2 is 1.78 bits per heavy atom. The molecular weight excluding hydrogens is 418 g/mol. The molecule has 0 unspecified atom stereocenters. The number of carbonyl (C=O) groups is 1. The molecule has 0 fully saturated rings. The third-order valence-electron chi connectivity index (χ3n) is 5.00. The molecule has 0 bridgehead atoms. The van der Waals surface area contributed by atoms with E-state index in [0.29, 0.717) is 12.3 Å². The Morgan fingerprint density at radius 1 is 1.03 bits per heavy atom. The average molecular weight is 452 g/mol. The van der Waals surface area contributed by atoms with E-state index in [-0.39, 0.29) is 5.91 Å². The van der Waals surface area contributed by atoms with Crippen molar-refractivity contribution in [1.82, 2.24) is 5.32 Å². The van der Waals surface area contributed by atoms with E-state index in [1.54, 1.807) is 0 Å². The Hall–Kier alpha value is -2.60. The minimum absolute atomic E-state index is 0.0227. The first-order valence-electron chi connectivity index (χ1n) is 11.3. The van der Waals surface area contributed by atoms with Crippen LogP contribution in [0.25, 0.3) is 0 Å². The molecule has 170 valence electrons. The zero-order valence-electron chi connectivity index (χ0n) is 19.3. The number of unbranched alkanes of at least 4 members (excludes halogenated alkanes) is 1. The van der Waals surface area contributed by atoms with Crippen molar-refractivity contribution in [3.63, 3.8) is 0 Å². The number of hydrogen-bond donors (Lipinski definition) is 1. The van der Waals surface area contributed by atoms with Crippen molar-refractivity contribution in [2.75, 3.05) is 18.9 Å². The van der Waals surface area contributed by atoms with E-state index < -0.39 is 5.66 Å². The third-order valence-corrected chi connectivity index (χ3v) is 5.97. The van der Waals surface area contributed by atoms with E-state index >= 15 is 0 Å². The molecule has 0 atom stereocenters. The van der Waals surface area contributed by atoms with Crippen molar-refractivity contribution in [2.24, 2.45) is 9.98 Å². The molecule has 32 heavy (non-hydrogen) atoms. The predicted octanol–water partition coefficient (Wildman–Crippen LogP) is 5.29. The first kappa shape index (κ1) is 24.1. The third kappa shape index (κ3) is 7.52. The molecule has 3 rings (SSSR count). The Balaban J connectivity index is 1.49. The SMILES string of the molecule is CCCCOc1ccc(C2=NC(C)(C)N=C2SCC(=O)NCCCc2ccccc2)cc1. The number of amides is 1. The highest BCUT2D eigenvalue weighted by atomic mass is 32.2. The van der Waals surface area contributed by atoms with Gasteiger partial charge in [0.2, 0.25) is 5.91 Å². The highest BCUT2D eigenvalue weighted by molar-refractivity contribution is 8.16. The standard InChI is InChI=1S/C26H33N3O2S/c1-4-5-18-31-22-15-13-21(14-16-22)24-25(29-26(2,3)28-24)32-19-23(30)27-17-9-12-20-10-7-6-8-11-20/h6-8,10-11,13-16H,4-5,9,12,17-19H2,1-3H3,(H,27,30). The number of carbonyl (C=O) groups excluding carboxylic acids is 1. The van der Waals surface area contributed by atoms with Crippen molar-refractivity contribution in [2.45, 2.75) is 52.1 Å². The van der Waals surface area contributed by atoms with Crippen LogP contribution >= 0.6 is 11.8 Å². The normalized spacial score (nSPS) is 14.6. The molecule has 6 heteroatoms. The lowest BCUT2D eigenvalue weighted by Crippen LogP contribution is -2.27. The van der Waals surface area contributed by atoms with Crippen molar-refractivity contribution in [1.29, 1.82) is 0 Å². The second-order valence-corrected chi connectivity index (χ2v) is 9.29. The van der Waals surface area contributed by atoms with Crippen LogP contribution in [0.5, 0.6) is 5.75 Å². The maximum absolute atomic E-state index is 12.3. The summed E-state index contributed by atoms with van der Waals surface area (Å²) in [5.41, 5.74) is 2.62. The number of aliphatic imine (C=N–C) groups is 2. The molecule has 2 aromatic rings. The van der Waals surface area contributed by atoms with E-state index in [0.717, 1.165) is 54.4 Å². The lowest BCUT2D eigenvalue weighted by atomic mass is 10.1. The van der Waals surface area contributed by atoms with Crippen molar-refractivity contribution in [3.8, 4) is 5.75 Å². The van der Waals surface area contributed by atoms with Crippen LogP contribution in [0.3, 0.4) is 0 Å². The molecule has 1 N–H and O–H groups in total. The van der Waals surface area contributed by atoms with Gasteiger partial charge in [0.25, 0.3) is 0 Å². The van der Waals surface area contributed by atoms with Gasteiger partial charge in [-0.25, -0.2) is 4.99 Å². The second-order valence-electron chi connectivity index (χ2n) is 8.33. The summed E-state index contributed by atoms with van der Waals surface area (Å²) in [5.74, 6) is 1.22. The Kier molecular flexibility index (Phi) is 8.91. The molecule has 1 heterocycles. The molecule has 0 saturated heterocycles. The number of aryl methyl sites for hydroxylation is 1. The van der Waals surface area contributed by atoms with Gasteiger partial charge >= 0.3 is 0 Å². The predicted molar refractivity (Wildman–Crippen MR) is 135 cm³/mol. The second kappa shape index (κ2) is 11.9. The number of hydrogen-bond acceptors (Lipinski definition) is 5. The summed E-state index contributed by atoms with van der Waals surface area (Å²) in [4.78, 5) is 21.9. The van der Waals surface area contributed by atoms with Gasteiger partial charge in [-0.15, -0.1) is 0 Å². The molecule has 0 radical (unpaired) electrons. The molecular formula is C26H33N3O2S. The van der Waals surface area contributed by atoms with Gasteiger partial charge < -0.3 is 10.1 Å². The zero-order valence-corrected chi connectivity index (χ0v) is 20.1. The van der Waals surface area contributed by atoms with Gasteiger partial charge in [-0.05, 0) is 62.9 Å². The summed E-state index contributed by atoms with van der Waals surface area (Å²) in [5, 5.41) is 3.83. The summed E-state index contributed by atoms with van der Waals surface area (Å²) >= 11 is 1.45. The van der Waals surface area contributed by atoms with Crippen LogP contribution in [-0.2, 0) is 11.2 Å². The summed E-state index contributed by atoms with van der Waals surface area (Å²) in [7, 11) is 0. The molecule has 1 aliphatic rings. The lowest BCUT2D eigenvalue weighted by molar-refractivity contribution is -0.118. The quantitative estimate of drug-likeness (QED) is 0.473. The Bertz CT molecular complexity index is 937. The molecule has 2 aromatic carbocycles. The van der Waals surface area contributed by atoms with E-state index in [1.807, 2.05) is 56.3 Å². The van der Waals surface area contributed by atoms with Gasteiger partial charge in [-0.1, -0.05) is 55.4 Å². The maximum atomic E-state index is 12.3. The Morgan fingerprint density at radius 3 is 2.50 bits per heavy atom. The molecule has 1 aliphatic heterocycles. The van der Waals surface area contributed by atoms with Crippen LogP contribution in [0.1, 0.15) is 51.2 Å².